The predicted octanol–water partition coefficient (Wildman–Crippen LogP) is 2.77. The second-order valence-corrected chi connectivity index (χ2v) is 6.28. The van der Waals surface area contributed by atoms with Crippen LogP contribution in [0.25, 0.3) is 5.57 Å². The van der Waals surface area contributed by atoms with Crippen LogP contribution in [0.5, 0.6) is 5.75 Å². The highest BCUT2D eigenvalue weighted by atomic mass is 32.2. The fourth-order valence-corrected chi connectivity index (χ4v) is 2.20. The van der Waals surface area contributed by atoms with Crippen molar-refractivity contribution < 1.29 is 12.6 Å². The number of rotatable bonds is 4. The van der Waals surface area contributed by atoms with Gasteiger partial charge in [-0.05, 0) is 29.7 Å². The lowest BCUT2D eigenvalue weighted by Gasteiger charge is -2.12. The van der Waals surface area contributed by atoms with Gasteiger partial charge in [0.1, 0.15) is 5.75 Å². The molecule has 1 aliphatic carbocycles. The van der Waals surface area contributed by atoms with Gasteiger partial charge in [0, 0.05) is 14.1 Å². The fraction of sp³-hybridized carbons (Fsp3) is 0.200. The lowest BCUT2D eigenvalue weighted by Crippen LogP contribution is -2.26. The third-order valence-electron chi connectivity index (χ3n) is 2.83. The van der Waals surface area contributed by atoms with Crippen molar-refractivity contribution in [3.63, 3.8) is 0 Å². The van der Waals surface area contributed by atoms with Crippen LogP contribution >= 0.6 is 0 Å². The molecule has 1 aliphatic rings. The third-order valence-corrected chi connectivity index (χ3v) is 4.13. The van der Waals surface area contributed by atoms with E-state index in [-0.39, 0.29) is 0 Å². The van der Waals surface area contributed by atoms with E-state index in [0.29, 0.717) is 5.75 Å². The van der Waals surface area contributed by atoms with E-state index in [1.807, 2.05) is 30.4 Å². The van der Waals surface area contributed by atoms with Crippen LogP contribution in [0, 0.1) is 0 Å². The van der Waals surface area contributed by atoms with Crippen LogP contribution in [-0.2, 0) is 10.3 Å². The van der Waals surface area contributed by atoms with E-state index in [4.69, 9.17) is 4.18 Å². The summed E-state index contributed by atoms with van der Waals surface area (Å²) in [6.07, 6.45) is 11.1. The summed E-state index contributed by atoms with van der Waals surface area (Å²) in [5.41, 5.74) is 2.14. The zero-order chi connectivity index (χ0) is 14.6. The molecule has 0 atom stereocenters. The molecule has 20 heavy (non-hydrogen) atoms. The highest BCUT2D eigenvalue weighted by molar-refractivity contribution is 7.84. The number of nitrogens with zero attached hydrogens (tertiary/aromatic N) is 1. The normalized spacial score (nSPS) is 15.1. The lowest BCUT2D eigenvalue weighted by atomic mass is 10.0. The Morgan fingerprint density at radius 3 is 2.45 bits per heavy atom. The molecule has 0 radical (unpaired) electrons. The first-order valence-corrected chi connectivity index (χ1v) is 7.61. The van der Waals surface area contributed by atoms with Gasteiger partial charge in [-0.15, -0.1) is 0 Å². The summed E-state index contributed by atoms with van der Waals surface area (Å²) in [6.45, 7) is 0. The molecule has 0 N–H and O–H groups in total. The van der Waals surface area contributed by atoms with Gasteiger partial charge in [-0.25, -0.2) is 0 Å². The summed E-state index contributed by atoms with van der Waals surface area (Å²) in [7, 11) is -0.843. The number of hydrogen-bond donors (Lipinski definition) is 0. The van der Waals surface area contributed by atoms with E-state index >= 15 is 0 Å². The highest BCUT2D eigenvalue weighted by Gasteiger charge is 2.15. The molecular weight excluding hydrogens is 274 g/mol. The van der Waals surface area contributed by atoms with Gasteiger partial charge in [0.15, 0.2) is 0 Å². The molecular formula is C15H17NO3S. The first-order valence-electron chi connectivity index (χ1n) is 6.25. The van der Waals surface area contributed by atoms with Crippen molar-refractivity contribution in [2.75, 3.05) is 14.1 Å². The van der Waals surface area contributed by atoms with Crippen LogP contribution in [0.4, 0.5) is 0 Å². The molecule has 0 fully saturated rings. The number of benzene rings is 1. The molecule has 0 spiro atoms. The van der Waals surface area contributed by atoms with Crippen molar-refractivity contribution in [3.05, 3.63) is 60.2 Å². The number of allylic oxidation sites excluding steroid dienone is 6. The molecule has 1 aromatic carbocycles. The van der Waals surface area contributed by atoms with E-state index in [2.05, 4.69) is 12.2 Å². The minimum Gasteiger partial charge on any atom is -0.371 e. The Balaban J connectivity index is 2.17. The molecule has 0 heterocycles. The third kappa shape index (κ3) is 3.59. The Bertz CT molecular complexity index is 653. The van der Waals surface area contributed by atoms with Crippen molar-refractivity contribution >= 4 is 15.9 Å². The summed E-state index contributed by atoms with van der Waals surface area (Å²) in [6, 6.07) is 7.01. The summed E-state index contributed by atoms with van der Waals surface area (Å²) in [5.74, 6) is 0.304. The second-order valence-electron chi connectivity index (χ2n) is 4.53. The monoisotopic (exact) mass is 291 g/mol. The van der Waals surface area contributed by atoms with Gasteiger partial charge in [0.05, 0.1) is 0 Å². The minimum atomic E-state index is -3.70. The zero-order valence-electron chi connectivity index (χ0n) is 11.5. The van der Waals surface area contributed by atoms with Gasteiger partial charge in [-0.1, -0.05) is 42.5 Å². The Labute approximate surface area is 119 Å². The van der Waals surface area contributed by atoms with Gasteiger partial charge in [0.25, 0.3) is 0 Å². The zero-order valence-corrected chi connectivity index (χ0v) is 12.3. The van der Waals surface area contributed by atoms with Gasteiger partial charge >= 0.3 is 10.3 Å². The van der Waals surface area contributed by atoms with E-state index in [1.54, 1.807) is 12.1 Å². The van der Waals surface area contributed by atoms with E-state index in [0.717, 1.165) is 21.9 Å². The Hall–Kier alpha value is -1.85. The van der Waals surface area contributed by atoms with Gasteiger partial charge in [0.2, 0.25) is 0 Å². The first-order chi connectivity index (χ1) is 9.49. The molecule has 0 aromatic heterocycles. The Morgan fingerprint density at radius 2 is 1.80 bits per heavy atom. The molecule has 0 amide bonds. The molecule has 5 heteroatoms. The van der Waals surface area contributed by atoms with E-state index in [9.17, 15) is 8.42 Å². The largest absolute Gasteiger partial charge is 0.384 e. The molecule has 0 bridgehead atoms. The molecule has 0 unspecified atom stereocenters. The quantitative estimate of drug-likeness (QED) is 0.857. The minimum absolute atomic E-state index is 0.304. The van der Waals surface area contributed by atoms with Gasteiger partial charge < -0.3 is 4.18 Å². The van der Waals surface area contributed by atoms with E-state index < -0.39 is 10.3 Å². The standard InChI is InChI=1S/C15H17NO3S/c1-16(2)20(17,18)19-15-11-9-14(10-12-15)13-7-5-3-4-6-8-13/h3-5,7-12H,6H2,1-2H3. The molecule has 106 valence electrons. The number of hydrogen-bond acceptors (Lipinski definition) is 3. The molecule has 4 nitrogen and oxygen atoms in total. The second kappa shape index (κ2) is 6.07. The van der Waals surface area contributed by atoms with Crippen LogP contribution in [0.1, 0.15) is 12.0 Å². The van der Waals surface area contributed by atoms with Gasteiger partial charge in [-0.2, -0.15) is 12.7 Å². The van der Waals surface area contributed by atoms with E-state index in [1.165, 1.54) is 14.1 Å². The molecule has 0 aliphatic heterocycles. The average Bonchev–Trinajstić information content (AvgIpc) is 2.68. The Kier molecular flexibility index (Phi) is 4.42. The molecule has 1 aromatic rings. The topological polar surface area (TPSA) is 46.6 Å². The maximum atomic E-state index is 11.6. The molecule has 0 saturated heterocycles. The average molecular weight is 291 g/mol. The fourth-order valence-electron chi connectivity index (χ4n) is 1.69. The highest BCUT2D eigenvalue weighted by Crippen LogP contribution is 2.22. The maximum Gasteiger partial charge on any atom is 0.384 e. The lowest BCUT2D eigenvalue weighted by molar-refractivity contribution is 0.421. The van der Waals surface area contributed by atoms with Gasteiger partial charge in [-0.3, -0.25) is 0 Å². The summed E-state index contributed by atoms with van der Waals surface area (Å²) in [5, 5.41) is 0. The first kappa shape index (κ1) is 14.6. The van der Waals surface area contributed by atoms with Crippen LogP contribution in [0.2, 0.25) is 0 Å². The summed E-state index contributed by atoms with van der Waals surface area (Å²) < 4.78 is 29.2. The Morgan fingerprint density at radius 1 is 1.10 bits per heavy atom. The van der Waals surface area contributed by atoms with Crippen molar-refractivity contribution in [1.29, 1.82) is 0 Å². The van der Waals surface area contributed by atoms with Crippen LogP contribution in [0.15, 0.2) is 54.6 Å². The van der Waals surface area contributed by atoms with Crippen molar-refractivity contribution in [2.45, 2.75) is 6.42 Å². The van der Waals surface area contributed by atoms with Crippen LogP contribution in [0.3, 0.4) is 0 Å². The summed E-state index contributed by atoms with van der Waals surface area (Å²) in [4.78, 5) is 0. The SMILES string of the molecule is CN(C)S(=O)(=O)Oc1ccc(C2=CCC=CC=C2)cc1. The van der Waals surface area contributed by atoms with Crippen LogP contribution < -0.4 is 4.18 Å². The smallest absolute Gasteiger partial charge is 0.371 e. The van der Waals surface area contributed by atoms with Crippen molar-refractivity contribution in [3.8, 4) is 5.75 Å². The molecule has 2 rings (SSSR count). The maximum absolute atomic E-state index is 11.6. The molecule has 0 saturated carbocycles. The summed E-state index contributed by atoms with van der Waals surface area (Å²) >= 11 is 0. The van der Waals surface area contributed by atoms with Crippen molar-refractivity contribution in [2.24, 2.45) is 0 Å². The van der Waals surface area contributed by atoms with Crippen LogP contribution in [-0.4, -0.2) is 26.8 Å². The predicted molar refractivity (Wildman–Crippen MR) is 80.6 cm³/mol. The van der Waals surface area contributed by atoms with Crippen molar-refractivity contribution in [1.82, 2.24) is 4.31 Å².